The van der Waals surface area contributed by atoms with Crippen LogP contribution in [0.3, 0.4) is 0 Å². The molecule has 0 fully saturated rings. The predicted octanol–water partition coefficient (Wildman–Crippen LogP) is 1.78. The molecule has 0 bridgehead atoms. The Hall–Kier alpha value is -0.580. The van der Waals surface area contributed by atoms with Gasteiger partial charge in [0.1, 0.15) is 0 Å². The summed E-state index contributed by atoms with van der Waals surface area (Å²) in [6, 6.07) is 3.41. The first-order valence-electron chi connectivity index (χ1n) is 3.76. The molecule has 0 radical (unpaired) electrons. The third kappa shape index (κ3) is 3.34. The summed E-state index contributed by atoms with van der Waals surface area (Å²) in [5, 5.41) is 2.70. The number of nitrogens with one attached hydrogen (secondary N) is 1. The summed E-state index contributed by atoms with van der Waals surface area (Å²) in [6.07, 6.45) is 0. The molecule has 0 aliphatic heterocycles. The topological polar surface area (TPSA) is 38.3 Å². The van der Waals surface area contributed by atoms with Crippen molar-refractivity contribution in [3.05, 3.63) is 21.3 Å². The molecule has 0 saturated carbocycles. The van der Waals surface area contributed by atoms with E-state index in [4.69, 9.17) is 16.3 Å². The number of hydrogen-bond acceptors (Lipinski definition) is 3. The molecule has 0 aliphatic rings. The molecule has 0 aliphatic carbocycles. The Bertz CT molecular complexity index is 287. The maximum absolute atomic E-state index is 11.3. The Kier molecular flexibility index (Phi) is 4.21. The summed E-state index contributed by atoms with van der Waals surface area (Å²) in [5.41, 5.74) is 0. The normalized spacial score (nSPS) is 10.0. The minimum atomic E-state index is -0.103. The zero-order chi connectivity index (χ0) is 9.68. The molecule has 72 valence electrons. The Balaban J connectivity index is 2.40. The van der Waals surface area contributed by atoms with Gasteiger partial charge in [-0.25, -0.2) is 0 Å². The summed E-state index contributed by atoms with van der Waals surface area (Å²) < 4.78 is 5.42. The van der Waals surface area contributed by atoms with Crippen LogP contribution in [-0.4, -0.2) is 26.2 Å². The van der Waals surface area contributed by atoms with Gasteiger partial charge in [-0.2, -0.15) is 0 Å². The van der Waals surface area contributed by atoms with E-state index in [0.717, 1.165) is 0 Å². The van der Waals surface area contributed by atoms with Crippen LogP contribution in [0.4, 0.5) is 0 Å². The van der Waals surface area contributed by atoms with Gasteiger partial charge >= 0.3 is 0 Å². The number of methoxy groups -OCH3 is 1. The SMILES string of the molecule is COCCNC(=O)c1ccc(Cl)s1. The van der Waals surface area contributed by atoms with Crippen LogP contribution in [0.25, 0.3) is 0 Å². The number of hydrogen-bond donors (Lipinski definition) is 1. The molecule has 0 aromatic carbocycles. The van der Waals surface area contributed by atoms with Gasteiger partial charge in [-0.15, -0.1) is 11.3 Å². The Morgan fingerprint density at radius 3 is 3.00 bits per heavy atom. The molecule has 0 spiro atoms. The van der Waals surface area contributed by atoms with Crippen LogP contribution in [0.5, 0.6) is 0 Å². The summed E-state index contributed by atoms with van der Waals surface area (Å²) in [6.45, 7) is 1.04. The van der Waals surface area contributed by atoms with E-state index in [9.17, 15) is 4.79 Å². The first kappa shape index (κ1) is 10.5. The molecular formula is C8H10ClNO2S. The average Bonchev–Trinajstić information content (AvgIpc) is 2.52. The standard InChI is InChI=1S/C8H10ClNO2S/c1-12-5-4-10-8(11)6-2-3-7(9)13-6/h2-3H,4-5H2,1H3,(H,10,11). The molecule has 13 heavy (non-hydrogen) atoms. The molecule has 1 heterocycles. The second kappa shape index (κ2) is 5.21. The lowest BCUT2D eigenvalue weighted by Gasteiger charge is -2.01. The van der Waals surface area contributed by atoms with E-state index in [-0.39, 0.29) is 5.91 Å². The van der Waals surface area contributed by atoms with Crippen LogP contribution in [0, 0.1) is 0 Å². The van der Waals surface area contributed by atoms with E-state index >= 15 is 0 Å². The van der Waals surface area contributed by atoms with Crippen molar-refractivity contribution >= 4 is 28.8 Å². The van der Waals surface area contributed by atoms with Crippen molar-refractivity contribution in [2.75, 3.05) is 20.3 Å². The van der Waals surface area contributed by atoms with E-state index in [1.54, 1.807) is 19.2 Å². The first-order valence-corrected chi connectivity index (χ1v) is 4.96. The molecular weight excluding hydrogens is 210 g/mol. The minimum Gasteiger partial charge on any atom is -0.383 e. The van der Waals surface area contributed by atoms with Crippen LogP contribution in [0.1, 0.15) is 9.67 Å². The Morgan fingerprint density at radius 1 is 1.69 bits per heavy atom. The number of thiophene rings is 1. The van der Waals surface area contributed by atoms with Crippen molar-refractivity contribution in [1.82, 2.24) is 5.32 Å². The van der Waals surface area contributed by atoms with Gasteiger partial charge < -0.3 is 10.1 Å². The lowest BCUT2D eigenvalue weighted by molar-refractivity contribution is 0.0941. The van der Waals surface area contributed by atoms with Gasteiger partial charge in [0.05, 0.1) is 15.8 Å². The van der Waals surface area contributed by atoms with Gasteiger partial charge in [0, 0.05) is 13.7 Å². The zero-order valence-corrected chi connectivity index (χ0v) is 8.74. The highest BCUT2D eigenvalue weighted by atomic mass is 35.5. The first-order chi connectivity index (χ1) is 6.24. The highest BCUT2D eigenvalue weighted by Crippen LogP contribution is 2.20. The van der Waals surface area contributed by atoms with Crippen molar-refractivity contribution in [2.45, 2.75) is 0 Å². The summed E-state index contributed by atoms with van der Waals surface area (Å²) in [4.78, 5) is 11.9. The summed E-state index contributed by atoms with van der Waals surface area (Å²) >= 11 is 6.95. The average molecular weight is 220 g/mol. The number of rotatable bonds is 4. The number of carbonyl (C=O) groups is 1. The van der Waals surface area contributed by atoms with E-state index < -0.39 is 0 Å². The van der Waals surface area contributed by atoms with Crippen LogP contribution in [0.2, 0.25) is 4.34 Å². The molecule has 5 heteroatoms. The maximum Gasteiger partial charge on any atom is 0.261 e. The molecule has 1 rings (SSSR count). The van der Waals surface area contributed by atoms with Crippen LogP contribution in [0.15, 0.2) is 12.1 Å². The number of amides is 1. The monoisotopic (exact) mass is 219 g/mol. The largest absolute Gasteiger partial charge is 0.383 e. The van der Waals surface area contributed by atoms with Gasteiger partial charge in [-0.3, -0.25) is 4.79 Å². The van der Waals surface area contributed by atoms with E-state index in [1.165, 1.54) is 11.3 Å². The zero-order valence-electron chi connectivity index (χ0n) is 7.17. The molecule has 0 saturated heterocycles. The highest BCUT2D eigenvalue weighted by molar-refractivity contribution is 7.17. The third-order valence-electron chi connectivity index (χ3n) is 1.39. The van der Waals surface area contributed by atoms with Crippen LogP contribution in [-0.2, 0) is 4.74 Å². The molecule has 0 unspecified atom stereocenters. The second-order valence-electron chi connectivity index (χ2n) is 2.35. The molecule has 1 aromatic heterocycles. The van der Waals surface area contributed by atoms with Gasteiger partial charge in [-0.05, 0) is 12.1 Å². The van der Waals surface area contributed by atoms with E-state index in [1.807, 2.05) is 0 Å². The summed E-state index contributed by atoms with van der Waals surface area (Å²) in [5.74, 6) is -0.103. The number of ether oxygens (including phenoxy) is 1. The molecule has 3 nitrogen and oxygen atoms in total. The van der Waals surface area contributed by atoms with Gasteiger partial charge in [0.15, 0.2) is 0 Å². The lowest BCUT2D eigenvalue weighted by atomic mass is 10.4. The fourth-order valence-corrected chi connectivity index (χ4v) is 1.75. The van der Waals surface area contributed by atoms with Crippen molar-refractivity contribution in [2.24, 2.45) is 0 Å². The van der Waals surface area contributed by atoms with Crippen molar-refractivity contribution in [3.8, 4) is 0 Å². The Morgan fingerprint density at radius 2 is 2.46 bits per heavy atom. The minimum absolute atomic E-state index is 0.103. The lowest BCUT2D eigenvalue weighted by Crippen LogP contribution is -2.26. The van der Waals surface area contributed by atoms with Gasteiger partial charge in [-0.1, -0.05) is 11.6 Å². The van der Waals surface area contributed by atoms with Crippen LogP contribution < -0.4 is 5.32 Å². The van der Waals surface area contributed by atoms with Crippen molar-refractivity contribution in [1.29, 1.82) is 0 Å². The van der Waals surface area contributed by atoms with E-state index in [2.05, 4.69) is 5.32 Å². The predicted molar refractivity (Wildman–Crippen MR) is 53.5 cm³/mol. The smallest absolute Gasteiger partial charge is 0.261 e. The van der Waals surface area contributed by atoms with Crippen molar-refractivity contribution < 1.29 is 9.53 Å². The number of halogens is 1. The third-order valence-corrected chi connectivity index (χ3v) is 2.62. The Labute approximate surface area is 85.7 Å². The van der Waals surface area contributed by atoms with Crippen LogP contribution >= 0.6 is 22.9 Å². The molecule has 1 N–H and O–H groups in total. The van der Waals surface area contributed by atoms with Gasteiger partial charge in [0.25, 0.3) is 5.91 Å². The van der Waals surface area contributed by atoms with E-state index in [0.29, 0.717) is 22.4 Å². The molecule has 1 aromatic rings. The second-order valence-corrected chi connectivity index (χ2v) is 4.07. The number of carbonyl (C=O) groups excluding carboxylic acids is 1. The fraction of sp³-hybridized carbons (Fsp3) is 0.375. The quantitative estimate of drug-likeness (QED) is 0.784. The maximum atomic E-state index is 11.3. The molecule has 0 atom stereocenters. The molecule has 1 amide bonds. The van der Waals surface area contributed by atoms with Crippen molar-refractivity contribution in [3.63, 3.8) is 0 Å². The summed E-state index contributed by atoms with van der Waals surface area (Å²) in [7, 11) is 1.59. The van der Waals surface area contributed by atoms with Gasteiger partial charge in [0.2, 0.25) is 0 Å². The highest BCUT2D eigenvalue weighted by Gasteiger charge is 2.06. The fourth-order valence-electron chi connectivity index (χ4n) is 0.790.